The van der Waals surface area contributed by atoms with Crippen LogP contribution in [-0.2, 0) is 29.0 Å². The number of hydrogen-bond acceptors (Lipinski definition) is 6. The zero-order valence-electron chi connectivity index (χ0n) is 14.5. The third-order valence-electron chi connectivity index (χ3n) is 5.67. The Labute approximate surface area is 147 Å². The third kappa shape index (κ3) is 4.22. The van der Waals surface area contributed by atoms with Crippen LogP contribution in [0.1, 0.15) is 45.4 Å². The Morgan fingerprint density at radius 2 is 1.88 bits per heavy atom. The van der Waals surface area contributed by atoms with Gasteiger partial charge in [-0.1, -0.05) is 6.42 Å². The quantitative estimate of drug-likeness (QED) is 0.726. The molecule has 0 aromatic rings. The van der Waals surface area contributed by atoms with E-state index >= 15 is 0 Å². The summed E-state index contributed by atoms with van der Waals surface area (Å²) < 4.78 is 28.3. The van der Waals surface area contributed by atoms with Crippen molar-refractivity contribution in [1.29, 1.82) is 0 Å². The van der Waals surface area contributed by atoms with Crippen molar-refractivity contribution in [1.82, 2.24) is 5.32 Å². The molecule has 3 rings (SSSR count). The minimum atomic E-state index is -3.12. The van der Waals surface area contributed by atoms with E-state index in [1.165, 1.54) is 0 Å². The van der Waals surface area contributed by atoms with Gasteiger partial charge in [0.1, 0.15) is 5.78 Å². The number of nitrogens with one attached hydrogen (secondary N) is 1. The van der Waals surface area contributed by atoms with E-state index in [2.05, 4.69) is 5.32 Å². The van der Waals surface area contributed by atoms with Crippen LogP contribution in [0.4, 0.5) is 0 Å². The number of sulfone groups is 1. The Hall–Kier alpha value is -1.44. The molecule has 0 radical (unpaired) electrons. The molecule has 3 atom stereocenters. The molecule has 1 heterocycles. The lowest BCUT2D eigenvalue weighted by Crippen LogP contribution is -2.48. The third-order valence-corrected chi connectivity index (χ3v) is 7.57. The van der Waals surface area contributed by atoms with Crippen molar-refractivity contribution in [2.45, 2.75) is 51.0 Å². The van der Waals surface area contributed by atoms with Crippen molar-refractivity contribution in [2.75, 3.05) is 18.1 Å². The normalized spacial score (nSPS) is 36.7. The summed E-state index contributed by atoms with van der Waals surface area (Å²) in [7, 11) is -3.12. The van der Waals surface area contributed by atoms with E-state index in [9.17, 15) is 22.8 Å². The van der Waals surface area contributed by atoms with E-state index in [4.69, 9.17) is 4.74 Å². The van der Waals surface area contributed by atoms with Gasteiger partial charge in [-0.15, -0.1) is 0 Å². The number of rotatable bonds is 4. The molecule has 3 unspecified atom stereocenters. The van der Waals surface area contributed by atoms with Crippen LogP contribution in [0.25, 0.3) is 0 Å². The molecule has 2 saturated carbocycles. The number of fused-ring (bicyclic) bond motifs is 2. The van der Waals surface area contributed by atoms with Crippen LogP contribution in [0.15, 0.2) is 0 Å². The summed E-state index contributed by atoms with van der Waals surface area (Å²) in [5, 5.41) is 2.67. The highest BCUT2D eigenvalue weighted by Crippen LogP contribution is 2.40. The van der Waals surface area contributed by atoms with E-state index in [1.54, 1.807) is 6.92 Å². The molecule has 140 valence electrons. The minimum Gasteiger partial charge on any atom is -0.455 e. The van der Waals surface area contributed by atoms with E-state index < -0.39 is 33.9 Å². The van der Waals surface area contributed by atoms with Gasteiger partial charge < -0.3 is 10.1 Å². The number of ketones is 1. The van der Waals surface area contributed by atoms with E-state index in [1.807, 2.05) is 0 Å². The molecular weight excluding hydrogens is 346 g/mol. The van der Waals surface area contributed by atoms with Gasteiger partial charge in [-0.2, -0.15) is 0 Å². The second kappa shape index (κ2) is 6.70. The lowest BCUT2D eigenvalue weighted by Gasteiger charge is -2.36. The average molecular weight is 371 g/mol. The van der Waals surface area contributed by atoms with Crippen molar-refractivity contribution < 1.29 is 27.5 Å². The van der Waals surface area contributed by atoms with Crippen LogP contribution in [0, 0.1) is 17.8 Å². The summed E-state index contributed by atoms with van der Waals surface area (Å²) in [5.41, 5.74) is -0.795. The number of hydrogen-bond donors (Lipinski definition) is 1. The first-order valence-electron chi connectivity index (χ1n) is 8.89. The average Bonchev–Trinajstić information content (AvgIpc) is 2.77. The summed E-state index contributed by atoms with van der Waals surface area (Å²) in [5.74, 6) is -1.06. The van der Waals surface area contributed by atoms with Gasteiger partial charge >= 0.3 is 5.97 Å². The first-order valence-corrected chi connectivity index (χ1v) is 10.7. The van der Waals surface area contributed by atoms with Gasteiger partial charge in [0.2, 0.25) is 0 Å². The largest absolute Gasteiger partial charge is 0.455 e. The second-order valence-corrected chi connectivity index (χ2v) is 10.1. The van der Waals surface area contributed by atoms with E-state index in [0.717, 1.165) is 19.3 Å². The molecule has 1 N–H and O–H groups in total. The monoisotopic (exact) mass is 371 g/mol. The molecule has 3 aliphatic rings. The minimum absolute atomic E-state index is 0.0403. The molecule has 2 bridgehead atoms. The van der Waals surface area contributed by atoms with Gasteiger partial charge in [0.25, 0.3) is 5.91 Å². The first kappa shape index (κ1) is 18.4. The number of carbonyl (C=O) groups excluding carboxylic acids is 3. The smallest absolute Gasteiger partial charge is 0.309 e. The molecule has 0 aromatic heterocycles. The summed E-state index contributed by atoms with van der Waals surface area (Å²) in [6.07, 6.45) is 4.12. The first-order chi connectivity index (χ1) is 11.7. The maximum atomic E-state index is 12.3. The molecule has 0 spiro atoms. The SMILES string of the molecule is CC1(NC(=O)COC(=O)C2CC3CCCC(C2)C3=O)CCS(=O)(=O)C1. The van der Waals surface area contributed by atoms with Crippen LogP contribution < -0.4 is 5.32 Å². The molecule has 1 amide bonds. The molecule has 1 aliphatic heterocycles. The number of amides is 1. The zero-order chi connectivity index (χ0) is 18.2. The molecular formula is C17H25NO6S. The van der Waals surface area contributed by atoms with Crippen molar-refractivity contribution in [3.05, 3.63) is 0 Å². The lowest BCUT2D eigenvalue weighted by atomic mass is 9.67. The Morgan fingerprint density at radius 1 is 1.24 bits per heavy atom. The van der Waals surface area contributed by atoms with Gasteiger partial charge in [-0.3, -0.25) is 14.4 Å². The maximum absolute atomic E-state index is 12.3. The molecule has 7 nitrogen and oxygen atoms in total. The molecule has 25 heavy (non-hydrogen) atoms. The highest BCUT2D eigenvalue weighted by Gasteiger charge is 2.42. The van der Waals surface area contributed by atoms with Gasteiger partial charge in [0.05, 0.1) is 23.0 Å². The maximum Gasteiger partial charge on any atom is 0.309 e. The standard InChI is InChI=1S/C17H25NO6S/c1-17(5-6-25(22,23)10-17)18-14(19)9-24-16(21)13-7-11-3-2-4-12(8-13)15(11)20/h11-13H,2-10H2,1H3,(H,18,19). The Morgan fingerprint density at radius 3 is 2.44 bits per heavy atom. The van der Waals surface area contributed by atoms with E-state index in [0.29, 0.717) is 19.3 Å². The van der Waals surface area contributed by atoms with Gasteiger partial charge in [0, 0.05) is 11.8 Å². The molecule has 1 saturated heterocycles. The van der Waals surface area contributed by atoms with Crippen LogP contribution in [0.3, 0.4) is 0 Å². The van der Waals surface area contributed by atoms with Crippen LogP contribution in [0.5, 0.6) is 0 Å². The Kier molecular flexibility index (Phi) is 4.92. The zero-order valence-corrected chi connectivity index (χ0v) is 15.3. The Balaban J connectivity index is 1.48. The van der Waals surface area contributed by atoms with Crippen molar-refractivity contribution >= 4 is 27.5 Å². The van der Waals surface area contributed by atoms with Crippen LogP contribution in [0.2, 0.25) is 0 Å². The fourth-order valence-corrected chi connectivity index (χ4v) is 6.50. The van der Waals surface area contributed by atoms with E-state index in [-0.39, 0.29) is 35.0 Å². The fraction of sp³-hybridized carbons (Fsp3) is 0.824. The highest BCUT2D eigenvalue weighted by molar-refractivity contribution is 7.91. The molecule has 2 aliphatic carbocycles. The number of carbonyl (C=O) groups is 3. The fourth-order valence-electron chi connectivity index (χ4n) is 4.41. The van der Waals surface area contributed by atoms with Crippen molar-refractivity contribution in [3.8, 4) is 0 Å². The van der Waals surface area contributed by atoms with Gasteiger partial charge in [-0.25, -0.2) is 8.42 Å². The summed E-state index contributed by atoms with van der Waals surface area (Å²) in [6.45, 7) is 1.28. The predicted molar refractivity (Wildman–Crippen MR) is 89.3 cm³/mol. The molecule has 3 fully saturated rings. The topological polar surface area (TPSA) is 107 Å². The lowest BCUT2D eigenvalue weighted by molar-refractivity contribution is -0.157. The number of Topliss-reactive ketones (excluding diaryl/α,β-unsaturated/α-hetero) is 1. The van der Waals surface area contributed by atoms with Crippen LogP contribution in [-0.4, -0.2) is 49.7 Å². The molecule has 8 heteroatoms. The number of ether oxygens (including phenoxy) is 1. The summed E-state index contributed by atoms with van der Waals surface area (Å²) >= 11 is 0. The molecule has 0 aromatic carbocycles. The second-order valence-electron chi connectivity index (χ2n) is 7.95. The number of esters is 1. The van der Waals surface area contributed by atoms with Crippen molar-refractivity contribution in [2.24, 2.45) is 17.8 Å². The summed E-state index contributed by atoms with van der Waals surface area (Å²) in [6, 6.07) is 0. The highest BCUT2D eigenvalue weighted by atomic mass is 32.2. The van der Waals surface area contributed by atoms with Gasteiger partial charge in [0.15, 0.2) is 16.4 Å². The van der Waals surface area contributed by atoms with Crippen LogP contribution >= 0.6 is 0 Å². The van der Waals surface area contributed by atoms with Crippen molar-refractivity contribution in [3.63, 3.8) is 0 Å². The predicted octanol–water partition coefficient (Wildman–Crippen LogP) is 0.618. The summed E-state index contributed by atoms with van der Waals surface area (Å²) in [4.78, 5) is 36.3. The Bertz CT molecular complexity index is 671. The van der Waals surface area contributed by atoms with Gasteiger partial charge in [-0.05, 0) is 39.0 Å².